The van der Waals surface area contributed by atoms with Crippen molar-refractivity contribution in [3.05, 3.63) is 35.9 Å². The topological polar surface area (TPSA) is 96.7 Å². The number of ether oxygens (including phenoxy) is 1. The number of primary amides is 1. The minimum atomic E-state index is -0.517. The Morgan fingerprint density at radius 1 is 1.07 bits per heavy atom. The van der Waals surface area contributed by atoms with E-state index in [1.165, 1.54) is 18.4 Å². The second-order valence-electron chi connectivity index (χ2n) is 7.90. The van der Waals surface area contributed by atoms with Crippen molar-refractivity contribution in [2.45, 2.75) is 50.9 Å². The number of amides is 3. The van der Waals surface area contributed by atoms with Crippen molar-refractivity contribution >= 4 is 11.9 Å². The van der Waals surface area contributed by atoms with Gasteiger partial charge in [-0.05, 0) is 43.7 Å². The number of carbonyl (C=O) groups excluding carboxylic acids is 2. The van der Waals surface area contributed by atoms with E-state index in [0.29, 0.717) is 25.4 Å². The zero-order valence-corrected chi connectivity index (χ0v) is 16.4. The molecule has 2 fully saturated rings. The number of likely N-dealkylation sites (tertiary alicyclic amines) is 1. The molecule has 3 rings (SSSR count). The molecule has 0 aliphatic carbocycles. The number of rotatable bonds is 7. The van der Waals surface area contributed by atoms with E-state index in [9.17, 15) is 9.59 Å². The van der Waals surface area contributed by atoms with Gasteiger partial charge in [-0.25, -0.2) is 4.79 Å². The summed E-state index contributed by atoms with van der Waals surface area (Å²) in [6.07, 6.45) is 4.25. The standard InChI is InChI=1S/C21H32N4O3/c22-20(26)19-10-9-18(28-19)13-24-21(27)23-12-17-8-4-5-11-25(15-17)14-16-6-2-1-3-7-16/h1-3,6-7,17-19H,4-5,8-15H2,(H2,22,26)(H2,23,24,27). The first kappa shape index (κ1) is 20.6. The summed E-state index contributed by atoms with van der Waals surface area (Å²) in [6.45, 7) is 4.15. The lowest BCUT2D eigenvalue weighted by atomic mass is 10.0. The van der Waals surface area contributed by atoms with Crippen LogP contribution in [0.4, 0.5) is 4.79 Å². The third kappa shape index (κ3) is 6.49. The van der Waals surface area contributed by atoms with E-state index in [2.05, 4.69) is 39.8 Å². The Balaban J connectivity index is 1.37. The van der Waals surface area contributed by atoms with Gasteiger partial charge in [-0.2, -0.15) is 0 Å². The maximum atomic E-state index is 12.1. The minimum absolute atomic E-state index is 0.137. The van der Waals surface area contributed by atoms with Crippen molar-refractivity contribution < 1.29 is 14.3 Å². The number of nitrogens with one attached hydrogen (secondary N) is 2. The fourth-order valence-electron chi connectivity index (χ4n) is 4.04. The van der Waals surface area contributed by atoms with Crippen LogP contribution < -0.4 is 16.4 Å². The molecule has 2 aliphatic rings. The van der Waals surface area contributed by atoms with Crippen molar-refractivity contribution in [3.8, 4) is 0 Å². The molecule has 0 aromatic heterocycles. The zero-order valence-electron chi connectivity index (χ0n) is 16.4. The van der Waals surface area contributed by atoms with Gasteiger partial charge in [0, 0.05) is 26.2 Å². The molecule has 0 bridgehead atoms. The van der Waals surface area contributed by atoms with Gasteiger partial charge in [0.25, 0.3) is 0 Å². The van der Waals surface area contributed by atoms with E-state index in [-0.39, 0.29) is 12.1 Å². The maximum absolute atomic E-state index is 12.1. The Kier molecular flexibility index (Phi) is 7.68. The third-order valence-electron chi connectivity index (χ3n) is 5.57. The third-order valence-corrected chi connectivity index (χ3v) is 5.57. The Hall–Kier alpha value is -2.12. The van der Waals surface area contributed by atoms with Crippen LogP contribution in [-0.2, 0) is 16.1 Å². The van der Waals surface area contributed by atoms with Crippen LogP contribution in [-0.4, -0.2) is 55.2 Å². The van der Waals surface area contributed by atoms with Crippen LogP contribution in [0.2, 0.25) is 0 Å². The van der Waals surface area contributed by atoms with Crippen LogP contribution in [0.3, 0.4) is 0 Å². The highest BCUT2D eigenvalue weighted by Gasteiger charge is 2.29. The first-order valence-electron chi connectivity index (χ1n) is 10.3. The molecule has 154 valence electrons. The van der Waals surface area contributed by atoms with Gasteiger partial charge in [-0.1, -0.05) is 36.8 Å². The molecule has 0 spiro atoms. The molecule has 1 aromatic rings. The molecule has 3 amide bonds. The van der Waals surface area contributed by atoms with Crippen LogP contribution in [0.25, 0.3) is 0 Å². The molecule has 4 N–H and O–H groups in total. The number of benzene rings is 1. The van der Waals surface area contributed by atoms with E-state index in [0.717, 1.165) is 32.5 Å². The Morgan fingerprint density at radius 3 is 2.61 bits per heavy atom. The van der Waals surface area contributed by atoms with Crippen molar-refractivity contribution in [2.24, 2.45) is 11.7 Å². The lowest BCUT2D eigenvalue weighted by Gasteiger charge is -2.24. The van der Waals surface area contributed by atoms with Gasteiger partial charge in [-0.3, -0.25) is 9.69 Å². The molecule has 3 atom stereocenters. The molecular weight excluding hydrogens is 356 g/mol. The van der Waals surface area contributed by atoms with Crippen molar-refractivity contribution in [3.63, 3.8) is 0 Å². The monoisotopic (exact) mass is 388 g/mol. The zero-order chi connectivity index (χ0) is 19.8. The summed E-state index contributed by atoms with van der Waals surface area (Å²) in [7, 11) is 0. The van der Waals surface area contributed by atoms with Crippen LogP contribution in [0.15, 0.2) is 30.3 Å². The Bertz CT molecular complexity index is 640. The molecule has 3 unspecified atom stereocenters. The number of hydrogen-bond acceptors (Lipinski definition) is 4. The molecule has 7 nitrogen and oxygen atoms in total. The second-order valence-corrected chi connectivity index (χ2v) is 7.90. The van der Waals surface area contributed by atoms with E-state index in [1.54, 1.807) is 0 Å². The lowest BCUT2D eigenvalue weighted by molar-refractivity contribution is -0.128. The highest BCUT2D eigenvalue weighted by atomic mass is 16.5. The maximum Gasteiger partial charge on any atom is 0.314 e. The fraction of sp³-hybridized carbons (Fsp3) is 0.619. The fourth-order valence-corrected chi connectivity index (χ4v) is 4.04. The summed E-state index contributed by atoms with van der Waals surface area (Å²) < 4.78 is 5.53. The minimum Gasteiger partial charge on any atom is -0.367 e. The van der Waals surface area contributed by atoms with Gasteiger partial charge in [0.1, 0.15) is 6.10 Å². The number of hydrogen-bond donors (Lipinski definition) is 3. The molecule has 7 heteroatoms. The quantitative estimate of drug-likeness (QED) is 0.661. The first-order chi connectivity index (χ1) is 13.6. The SMILES string of the molecule is NC(=O)C1CCC(CNC(=O)NCC2CCCCN(Cc3ccccc3)C2)O1. The number of nitrogens with zero attached hydrogens (tertiary/aromatic N) is 1. The average molecular weight is 389 g/mol. The number of nitrogens with two attached hydrogens (primary N) is 1. The average Bonchev–Trinajstić information content (AvgIpc) is 3.07. The number of urea groups is 1. The molecule has 28 heavy (non-hydrogen) atoms. The summed E-state index contributed by atoms with van der Waals surface area (Å²) in [6, 6.07) is 10.4. The highest BCUT2D eigenvalue weighted by molar-refractivity contribution is 5.79. The van der Waals surface area contributed by atoms with Gasteiger partial charge in [0.2, 0.25) is 5.91 Å². The smallest absolute Gasteiger partial charge is 0.314 e. The predicted molar refractivity (Wildman–Crippen MR) is 108 cm³/mol. The molecule has 2 aliphatic heterocycles. The molecule has 2 saturated heterocycles. The Labute approximate surface area is 167 Å². The normalized spacial score (nSPS) is 25.8. The molecule has 0 saturated carbocycles. The first-order valence-corrected chi connectivity index (χ1v) is 10.3. The van der Waals surface area contributed by atoms with Crippen molar-refractivity contribution in [1.29, 1.82) is 0 Å². The lowest BCUT2D eigenvalue weighted by Crippen LogP contribution is -2.43. The summed E-state index contributed by atoms with van der Waals surface area (Å²) in [5.41, 5.74) is 6.58. The Morgan fingerprint density at radius 2 is 1.86 bits per heavy atom. The summed E-state index contributed by atoms with van der Waals surface area (Å²) >= 11 is 0. The predicted octanol–water partition coefficient (Wildman–Crippen LogP) is 1.62. The van der Waals surface area contributed by atoms with Crippen molar-refractivity contribution in [2.75, 3.05) is 26.2 Å². The van der Waals surface area contributed by atoms with Crippen LogP contribution in [0, 0.1) is 5.92 Å². The van der Waals surface area contributed by atoms with Crippen LogP contribution in [0.5, 0.6) is 0 Å². The van der Waals surface area contributed by atoms with E-state index in [4.69, 9.17) is 10.5 Å². The van der Waals surface area contributed by atoms with Gasteiger partial charge >= 0.3 is 6.03 Å². The van der Waals surface area contributed by atoms with Gasteiger partial charge < -0.3 is 21.1 Å². The second kappa shape index (κ2) is 10.4. The molecule has 0 radical (unpaired) electrons. The van der Waals surface area contributed by atoms with E-state index < -0.39 is 12.0 Å². The van der Waals surface area contributed by atoms with Crippen LogP contribution >= 0.6 is 0 Å². The molecule has 2 heterocycles. The van der Waals surface area contributed by atoms with E-state index in [1.807, 2.05) is 6.07 Å². The number of carbonyl (C=O) groups is 2. The summed E-state index contributed by atoms with van der Waals surface area (Å²) in [4.78, 5) is 25.7. The molecular formula is C21H32N4O3. The highest BCUT2D eigenvalue weighted by Crippen LogP contribution is 2.19. The van der Waals surface area contributed by atoms with E-state index >= 15 is 0 Å². The van der Waals surface area contributed by atoms with Gasteiger partial charge in [0.05, 0.1) is 6.10 Å². The largest absolute Gasteiger partial charge is 0.367 e. The summed E-state index contributed by atoms with van der Waals surface area (Å²) in [5.74, 6) is 0.0271. The van der Waals surface area contributed by atoms with Gasteiger partial charge in [-0.15, -0.1) is 0 Å². The molecule has 1 aromatic carbocycles. The van der Waals surface area contributed by atoms with Gasteiger partial charge in [0.15, 0.2) is 0 Å². The van der Waals surface area contributed by atoms with Crippen LogP contribution in [0.1, 0.15) is 37.7 Å². The van der Waals surface area contributed by atoms with Crippen molar-refractivity contribution in [1.82, 2.24) is 15.5 Å². The summed E-state index contributed by atoms with van der Waals surface area (Å²) in [5, 5.41) is 5.85.